The van der Waals surface area contributed by atoms with Gasteiger partial charge in [0, 0.05) is 18.4 Å². The van der Waals surface area contributed by atoms with Crippen LogP contribution in [0, 0.1) is 6.92 Å². The van der Waals surface area contributed by atoms with Gasteiger partial charge in [0.15, 0.2) is 5.96 Å². The number of halogens is 1. The molecule has 2 aromatic carbocycles. The van der Waals surface area contributed by atoms with E-state index in [1.807, 2.05) is 66.2 Å². The molecule has 6 nitrogen and oxygen atoms in total. The van der Waals surface area contributed by atoms with Gasteiger partial charge in [-0.15, -0.1) is 24.0 Å². The number of nitrogens with two attached hydrogens (primary N) is 1. The van der Waals surface area contributed by atoms with Gasteiger partial charge >= 0.3 is 0 Å². The summed E-state index contributed by atoms with van der Waals surface area (Å²) in [6.07, 6.45) is 3.91. The Morgan fingerprint density at radius 2 is 1.86 bits per heavy atom. The van der Waals surface area contributed by atoms with E-state index < -0.39 is 0 Å². The summed E-state index contributed by atoms with van der Waals surface area (Å²) in [6.45, 7) is 2.70. The Bertz CT molecular complexity index is 891. The number of ether oxygens (including phenoxy) is 1. The highest BCUT2D eigenvalue weighted by atomic mass is 127. The normalized spacial score (nSPS) is 11.0. The Morgan fingerprint density at radius 3 is 2.54 bits per heavy atom. The van der Waals surface area contributed by atoms with Gasteiger partial charge in [0.1, 0.15) is 5.75 Å². The van der Waals surface area contributed by atoms with Crippen molar-refractivity contribution in [1.82, 2.24) is 9.78 Å². The fourth-order valence-electron chi connectivity index (χ4n) is 2.78. The van der Waals surface area contributed by atoms with Crippen molar-refractivity contribution in [3.63, 3.8) is 0 Å². The Labute approximate surface area is 182 Å². The summed E-state index contributed by atoms with van der Waals surface area (Å²) in [5.41, 5.74) is 10.2. The number of benzene rings is 2. The van der Waals surface area contributed by atoms with E-state index in [-0.39, 0.29) is 24.0 Å². The monoisotopic (exact) mass is 491 g/mol. The minimum atomic E-state index is 0. The second-order valence-corrected chi connectivity index (χ2v) is 6.24. The van der Waals surface area contributed by atoms with Crippen LogP contribution < -0.4 is 15.8 Å². The van der Waals surface area contributed by atoms with Gasteiger partial charge in [-0.25, -0.2) is 4.68 Å². The third-order valence-corrected chi connectivity index (χ3v) is 4.27. The molecule has 3 N–H and O–H groups in total. The first kappa shape index (κ1) is 21.7. The van der Waals surface area contributed by atoms with Crippen molar-refractivity contribution in [1.29, 1.82) is 0 Å². The van der Waals surface area contributed by atoms with Crippen LogP contribution in [0.4, 0.5) is 5.69 Å². The lowest BCUT2D eigenvalue weighted by Gasteiger charge is -2.06. The number of guanidine groups is 1. The maximum atomic E-state index is 5.96. The van der Waals surface area contributed by atoms with Crippen LogP contribution in [-0.4, -0.2) is 29.4 Å². The van der Waals surface area contributed by atoms with Crippen molar-refractivity contribution in [2.45, 2.75) is 19.8 Å². The number of rotatable bonds is 7. The average Bonchev–Trinajstić information content (AvgIpc) is 3.07. The number of nitrogens with one attached hydrogen (secondary N) is 1. The first-order valence-corrected chi connectivity index (χ1v) is 8.97. The van der Waals surface area contributed by atoms with Crippen LogP contribution >= 0.6 is 24.0 Å². The molecule has 1 aromatic heterocycles. The molecule has 0 amide bonds. The maximum Gasteiger partial charge on any atom is 0.193 e. The summed E-state index contributed by atoms with van der Waals surface area (Å²) in [5, 5.41) is 7.68. The van der Waals surface area contributed by atoms with Gasteiger partial charge < -0.3 is 15.8 Å². The van der Waals surface area contributed by atoms with Crippen molar-refractivity contribution >= 4 is 35.6 Å². The van der Waals surface area contributed by atoms with E-state index in [1.54, 1.807) is 7.11 Å². The number of hydrogen-bond acceptors (Lipinski definition) is 3. The summed E-state index contributed by atoms with van der Waals surface area (Å²) >= 11 is 0. The molecule has 1 heterocycles. The van der Waals surface area contributed by atoms with Crippen molar-refractivity contribution in [2.75, 3.05) is 19.0 Å². The van der Waals surface area contributed by atoms with Gasteiger partial charge in [0.25, 0.3) is 0 Å². The molecule has 0 bridgehead atoms. The molecule has 3 aromatic rings. The van der Waals surface area contributed by atoms with Crippen molar-refractivity contribution < 1.29 is 4.74 Å². The standard InChI is InChI=1S/C21H25N5O.HI/c1-16-17(15-26(25-16)19-8-4-3-5-9-19)7-6-14-23-21(22)24-18-10-12-20(27-2)13-11-18;/h3-5,8-13,15H,6-7,14H2,1-2H3,(H3,22,23,24);1H. The van der Waals surface area contributed by atoms with Crippen molar-refractivity contribution in [3.8, 4) is 11.4 Å². The molecule has 0 aliphatic carbocycles. The topological polar surface area (TPSA) is 77.5 Å². The van der Waals surface area contributed by atoms with Crippen LogP contribution in [0.15, 0.2) is 65.8 Å². The Morgan fingerprint density at radius 1 is 1.14 bits per heavy atom. The lowest BCUT2D eigenvalue weighted by molar-refractivity contribution is 0.415. The highest BCUT2D eigenvalue weighted by Crippen LogP contribution is 2.15. The van der Waals surface area contributed by atoms with Crippen molar-refractivity contribution in [2.24, 2.45) is 10.7 Å². The predicted octanol–water partition coefficient (Wildman–Crippen LogP) is 4.17. The van der Waals surface area contributed by atoms with Crippen molar-refractivity contribution in [3.05, 3.63) is 72.1 Å². The van der Waals surface area contributed by atoms with E-state index in [0.717, 1.165) is 35.7 Å². The molecule has 0 saturated heterocycles. The number of anilines is 1. The second-order valence-electron chi connectivity index (χ2n) is 6.24. The predicted molar refractivity (Wildman–Crippen MR) is 125 cm³/mol. The summed E-state index contributed by atoms with van der Waals surface area (Å²) in [5.74, 6) is 1.22. The van der Waals surface area contributed by atoms with E-state index in [0.29, 0.717) is 12.5 Å². The maximum absolute atomic E-state index is 5.96. The lowest BCUT2D eigenvalue weighted by Crippen LogP contribution is -2.22. The molecule has 28 heavy (non-hydrogen) atoms. The summed E-state index contributed by atoms with van der Waals surface area (Å²) in [6, 6.07) is 17.7. The van der Waals surface area contributed by atoms with Crippen LogP contribution in [0.3, 0.4) is 0 Å². The minimum absolute atomic E-state index is 0. The molecule has 0 aliphatic rings. The third-order valence-electron chi connectivity index (χ3n) is 4.27. The van der Waals surface area contributed by atoms with Gasteiger partial charge in [0.05, 0.1) is 18.5 Å². The van der Waals surface area contributed by atoms with E-state index in [9.17, 15) is 0 Å². The Balaban J connectivity index is 0.00000280. The van der Waals surface area contributed by atoms with E-state index in [2.05, 4.69) is 21.6 Å². The molecule has 148 valence electrons. The zero-order chi connectivity index (χ0) is 19.1. The number of aromatic nitrogens is 2. The second kappa shape index (κ2) is 10.7. The van der Waals surface area contributed by atoms with Gasteiger partial charge in [-0.1, -0.05) is 18.2 Å². The minimum Gasteiger partial charge on any atom is -0.497 e. The Kier molecular flexibility index (Phi) is 8.31. The first-order chi connectivity index (χ1) is 13.2. The molecule has 0 aliphatic heterocycles. The molecular formula is C21H26IN5O. The van der Waals surface area contributed by atoms with Gasteiger partial charge in [-0.05, 0) is 61.7 Å². The molecule has 0 spiro atoms. The molecular weight excluding hydrogens is 465 g/mol. The summed E-state index contributed by atoms with van der Waals surface area (Å²) < 4.78 is 7.06. The number of aliphatic imine (C=N–C) groups is 1. The van der Waals surface area contributed by atoms with E-state index in [1.165, 1.54) is 5.56 Å². The summed E-state index contributed by atoms with van der Waals surface area (Å²) in [4.78, 5) is 4.40. The number of aryl methyl sites for hydroxylation is 2. The fourth-order valence-corrected chi connectivity index (χ4v) is 2.78. The molecule has 0 atom stereocenters. The highest BCUT2D eigenvalue weighted by molar-refractivity contribution is 14.0. The SMILES string of the molecule is COc1ccc(NC(N)=NCCCc2cn(-c3ccccc3)nc2C)cc1.I. The van der Waals surface area contributed by atoms with Crippen LogP contribution in [-0.2, 0) is 6.42 Å². The number of nitrogens with zero attached hydrogens (tertiary/aromatic N) is 3. The van der Waals surface area contributed by atoms with Crippen LogP contribution in [0.25, 0.3) is 5.69 Å². The average molecular weight is 491 g/mol. The first-order valence-electron chi connectivity index (χ1n) is 8.97. The van der Waals surface area contributed by atoms with Crippen LogP contribution in [0.1, 0.15) is 17.7 Å². The molecule has 7 heteroatoms. The van der Waals surface area contributed by atoms with Gasteiger partial charge in [-0.3, -0.25) is 4.99 Å². The zero-order valence-corrected chi connectivity index (χ0v) is 18.5. The largest absolute Gasteiger partial charge is 0.497 e. The third kappa shape index (κ3) is 5.98. The quantitative estimate of drug-likeness (QED) is 0.225. The molecule has 0 radical (unpaired) electrons. The number of para-hydroxylation sites is 1. The lowest BCUT2D eigenvalue weighted by atomic mass is 10.1. The van der Waals surface area contributed by atoms with Gasteiger partial charge in [-0.2, -0.15) is 5.10 Å². The smallest absolute Gasteiger partial charge is 0.193 e. The molecule has 0 fully saturated rings. The number of hydrogen-bond donors (Lipinski definition) is 2. The zero-order valence-electron chi connectivity index (χ0n) is 16.1. The molecule has 0 saturated carbocycles. The fraction of sp³-hybridized carbons (Fsp3) is 0.238. The van der Waals surface area contributed by atoms with Crippen LogP contribution in [0.2, 0.25) is 0 Å². The highest BCUT2D eigenvalue weighted by Gasteiger charge is 2.06. The van der Waals surface area contributed by atoms with Gasteiger partial charge in [0.2, 0.25) is 0 Å². The van der Waals surface area contributed by atoms with E-state index >= 15 is 0 Å². The Hall–Kier alpha value is -2.55. The van der Waals surface area contributed by atoms with E-state index in [4.69, 9.17) is 10.5 Å². The number of methoxy groups -OCH3 is 1. The van der Waals surface area contributed by atoms with Crippen LogP contribution in [0.5, 0.6) is 5.75 Å². The molecule has 3 rings (SSSR count). The molecule has 0 unspecified atom stereocenters. The summed E-state index contributed by atoms with van der Waals surface area (Å²) in [7, 11) is 1.64.